The van der Waals surface area contributed by atoms with E-state index in [1.807, 2.05) is 0 Å². The highest BCUT2D eigenvalue weighted by Crippen LogP contribution is 2.28. The Morgan fingerprint density at radius 2 is 1.24 bits per heavy atom. The Morgan fingerprint density at radius 1 is 0.706 bits per heavy atom. The highest BCUT2D eigenvalue weighted by molar-refractivity contribution is 5.95. The number of methoxy groups -OCH3 is 4. The Bertz CT molecular complexity index is 1190. The van der Waals surface area contributed by atoms with Crippen molar-refractivity contribution in [2.45, 2.75) is 0 Å². The van der Waals surface area contributed by atoms with Crippen LogP contribution in [0, 0.1) is 0 Å². The van der Waals surface area contributed by atoms with E-state index in [9.17, 15) is 9.59 Å². The van der Waals surface area contributed by atoms with Crippen molar-refractivity contribution in [3.05, 3.63) is 77.4 Å². The van der Waals surface area contributed by atoms with Crippen LogP contribution in [0.4, 0.5) is 0 Å². The minimum Gasteiger partial charge on any atom is -0.493 e. The molecule has 0 aromatic heterocycles. The third kappa shape index (κ3) is 5.83. The fraction of sp³-hybridized carbons (Fsp3) is 0.160. The molecule has 0 radical (unpaired) electrons. The summed E-state index contributed by atoms with van der Waals surface area (Å²) in [5.41, 5.74) is 3.83. The number of carbonyl (C=O) groups excluding carboxylic acids is 2. The van der Waals surface area contributed by atoms with Gasteiger partial charge in [0.2, 0.25) is 0 Å². The summed E-state index contributed by atoms with van der Waals surface area (Å²) in [6.45, 7) is 0. The summed E-state index contributed by atoms with van der Waals surface area (Å²) < 4.78 is 26.1. The summed E-state index contributed by atoms with van der Waals surface area (Å²) in [6.07, 6.45) is 1.47. The number of hydrogen-bond acceptors (Lipinski definition) is 8. The number of amides is 1. The van der Waals surface area contributed by atoms with Crippen molar-refractivity contribution in [3.8, 4) is 28.7 Å². The molecular formula is C25H24N2O7. The van der Waals surface area contributed by atoms with Crippen molar-refractivity contribution in [1.29, 1.82) is 0 Å². The van der Waals surface area contributed by atoms with Gasteiger partial charge < -0.3 is 23.7 Å². The third-order valence-electron chi connectivity index (χ3n) is 4.74. The van der Waals surface area contributed by atoms with Gasteiger partial charge in [0.05, 0.1) is 40.2 Å². The number of carbonyl (C=O) groups is 2. The lowest BCUT2D eigenvalue weighted by Crippen LogP contribution is -2.17. The molecule has 0 aliphatic rings. The number of benzene rings is 3. The number of hydrogen-bond donors (Lipinski definition) is 1. The van der Waals surface area contributed by atoms with Gasteiger partial charge in [0.1, 0.15) is 5.75 Å². The standard InChI is InChI=1S/C25H24N2O7/c1-30-20-11-7-17(13-22(20)32-3)24(28)27-26-15-16-5-9-19(10-6-16)34-25(29)18-8-12-21(31-2)23(14-18)33-4/h5-15H,1-4H3,(H,27,28)/b26-15-. The third-order valence-corrected chi connectivity index (χ3v) is 4.74. The smallest absolute Gasteiger partial charge is 0.343 e. The van der Waals surface area contributed by atoms with Gasteiger partial charge in [-0.1, -0.05) is 0 Å². The average molecular weight is 464 g/mol. The topological polar surface area (TPSA) is 105 Å². The molecule has 176 valence electrons. The SMILES string of the molecule is COc1ccc(C(=O)N/N=C\c2ccc(OC(=O)c3ccc(OC)c(OC)c3)cc2)cc1OC. The Kier molecular flexibility index (Phi) is 8.07. The quantitative estimate of drug-likeness (QED) is 0.223. The van der Waals surface area contributed by atoms with E-state index >= 15 is 0 Å². The van der Waals surface area contributed by atoms with E-state index in [0.29, 0.717) is 45.4 Å². The fourth-order valence-electron chi connectivity index (χ4n) is 2.96. The number of nitrogens with one attached hydrogen (secondary N) is 1. The molecule has 3 aromatic carbocycles. The maximum Gasteiger partial charge on any atom is 0.343 e. The first-order valence-electron chi connectivity index (χ1n) is 10.1. The van der Waals surface area contributed by atoms with Crippen LogP contribution in [0.25, 0.3) is 0 Å². The Labute approximate surface area is 196 Å². The molecule has 34 heavy (non-hydrogen) atoms. The van der Waals surface area contributed by atoms with Crippen LogP contribution in [0.5, 0.6) is 28.7 Å². The zero-order valence-electron chi connectivity index (χ0n) is 19.2. The van der Waals surface area contributed by atoms with Crippen LogP contribution in [-0.4, -0.2) is 46.5 Å². The van der Waals surface area contributed by atoms with E-state index in [-0.39, 0.29) is 0 Å². The van der Waals surface area contributed by atoms with Crippen LogP contribution in [0.2, 0.25) is 0 Å². The summed E-state index contributed by atoms with van der Waals surface area (Å²) in [5.74, 6) is 1.32. The molecule has 0 bridgehead atoms. The predicted octanol–water partition coefficient (Wildman–Crippen LogP) is 3.70. The molecule has 3 aromatic rings. The normalized spacial score (nSPS) is 10.5. The molecule has 0 unspecified atom stereocenters. The second-order valence-corrected chi connectivity index (χ2v) is 6.80. The van der Waals surface area contributed by atoms with Gasteiger partial charge in [0.25, 0.3) is 5.91 Å². The van der Waals surface area contributed by atoms with E-state index in [1.54, 1.807) is 60.7 Å². The van der Waals surface area contributed by atoms with Gasteiger partial charge in [-0.25, -0.2) is 10.2 Å². The fourth-order valence-corrected chi connectivity index (χ4v) is 2.96. The van der Waals surface area contributed by atoms with Crippen molar-refractivity contribution in [1.82, 2.24) is 5.43 Å². The number of hydrazone groups is 1. The maximum atomic E-state index is 12.4. The number of ether oxygens (including phenoxy) is 5. The maximum absolute atomic E-state index is 12.4. The van der Waals surface area contributed by atoms with Crippen molar-refractivity contribution < 1.29 is 33.3 Å². The molecule has 0 aliphatic heterocycles. The van der Waals surface area contributed by atoms with E-state index in [2.05, 4.69) is 10.5 Å². The van der Waals surface area contributed by atoms with E-state index in [0.717, 1.165) is 0 Å². The van der Waals surface area contributed by atoms with Crippen LogP contribution < -0.4 is 29.1 Å². The Morgan fingerprint density at radius 3 is 1.79 bits per heavy atom. The van der Waals surface area contributed by atoms with Crippen molar-refractivity contribution in [2.24, 2.45) is 5.10 Å². The second-order valence-electron chi connectivity index (χ2n) is 6.80. The molecule has 0 saturated heterocycles. The van der Waals surface area contributed by atoms with E-state index < -0.39 is 11.9 Å². The molecule has 0 aliphatic carbocycles. The molecule has 0 atom stereocenters. The van der Waals surface area contributed by atoms with E-state index in [1.165, 1.54) is 34.7 Å². The lowest BCUT2D eigenvalue weighted by Gasteiger charge is -2.09. The van der Waals surface area contributed by atoms with Crippen molar-refractivity contribution in [3.63, 3.8) is 0 Å². The van der Waals surface area contributed by atoms with Gasteiger partial charge in [0, 0.05) is 5.56 Å². The van der Waals surface area contributed by atoms with Gasteiger partial charge in [0.15, 0.2) is 23.0 Å². The monoisotopic (exact) mass is 464 g/mol. The molecular weight excluding hydrogens is 440 g/mol. The van der Waals surface area contributed by atoms with Gasteiger partial charge in [-0.05, 0) is 66.2 Å². The number of esters is 1. The summed E-state index contributed by atoms with van der Waals surface area (Å²) in [6, 6.07) is 16.2. The van der Waals surface area contributed by atoms with Crippen LogP contribution in [-0.2, 0) is 0 Å². The molecule has 0 saturated carbocycles. The second kappa shape index (κ2) is 11.4. The van der Waals surface area contributed by atoms with E-state index in [4.69, 9.17) is 23.7 Å². The molecule has 9 heteroatoms. The average Bonchev–Trinajstić information content (AvgIpc) is 2.88. The Balaban J connectivity index is 1.59. The molecule has 0 fully saturated rings. The highest BCUT2D eigenvalue weighted by atomic mass is 16.5. The highest BCUT2D eigenvalue weighted by Gasteiger charge is 2.13. The van der Waals surface area contributed by atoms with Crippen LogP contribution in [0.15, 0.2) is 65.8 Å². The summed E-state index contributed by atoms with van der Waals surface area (Å²) in [4.78, 5) is 24.7. The minimum absolute atomic E-state index is 0.321. The van der Waals surface area contributed by atoms with Crippen LogP contribution >= 0.6 is 0 Å². The zero-order valence-corrected chi connectivity index (χ0v) is 19.2. The van der Waals surface area contributed by atoms with Gasteiger partial charge in [-0.3, -0.25) is 4.79 Å². The molecule has 1 amide bonds. The van der Waals surface area contributed by atoms with Gasteiger partial charge >= 0.3 is 5.97 Å². The largest absolute Gasteiger partial charge is 0.493 e. The zero-order chi connectivity index (χ0) is 24.5. The molecule has 0 heterocycles. The summed E-state index contributed by atoms with van der Waals surface area (Å²) in [5, 5.41) is 3.96. The molecule has 1 N–H and O–H groups in total. The van der Waals surface area contributed by atoms with Gasteiger partial charge in [-0.15, -0.1) is 0 Å². The lowest BCUT2D eigenvalue weighted by molar-refractivity contribution is 0.0734. The summed E-state index contributed by atoms with van der Waals surface area (Å²) in [7, 11) is 6.02. The first-order chi connectivity index (χ1) is 16.5. The Hall–Kier alpha value is -4.53. The van der Waals surface area contributed by atoms with Crippen molar-refractivity contribution >= 4 is 18.1 Å². The molecule has 9 nitrogen and oxygen atoms in total. The first-order valence-corrected chi connectivity index (χ1v) is 10.1. The van der Waals surface area contributed by atoms with Crippen LogP contribution in [0.1, 0.15) is 26.3 Å². The lowest BCUT2D eigenvalue weighted by atomic mass is 10.2. The van der Waals surface area contributed by atoms with Crippen molar-refractivity contribution in [2.75, 3.05) is 28.4 Å². The molecule has 0 spiro atoms. The predicted molar refractivity (Wildman–Crippen MR) is 126 cm³/mol. The number of nitrogens with zero attached hydrogens (tertiary/aromatic N) is 1. The first kappa shape index (κ1) is 24.1. The number of rotatable bonds is 9. The minimum atomic E-state index is -0.537. The van der Waals surface area contributed by atoms with Gasteiger partial charge in [-0.2, -0.15) is 5.10 Å². The van der Waals surface area contributed by atoms with Crippen LogP contribution in [0.3, 0.4) is 0 Å². The summed E-state index contributed by atoms with van der Waals surface area (Å²) >= 11 is 0. The molecule has 3 rings (SSSR count).